The van der Waals surface area contributed by atoms with Gasteiger partial charge in [0.25, 0.3) is 0 Å². The van der Waals surface area contributed by atoms with Gasteiger partial charge in [-0.15, -0.1) is 11.8 Å². The van der Waals surface area contributed by atoms with E-state index < -0.39 is 0 Å². The van der Waals surface area contributed by atoms with Crippen LogP contribution in [0.3, 0.4) is 0 Å². The van der Waals surface area contributed by atoms with Crippen LogP contribution in [0.4, 0.5) is 0 Å². The molecule has 2 rings (SSSR count). The number of nitrogens with zero attached hydrogens (tertiary/aromatic N) is 1. The molecule has 2 unspecified atom stereocenters. The maximum atomic E-state index is 11.6. The number of hydrogen-bond donors (Lipinski definition) is 0. The first-order chi connectivity index (χ1) is 7.16. The molecule has 0 bridgehead atoms. The van der Waals surface area contributed by atoms with Crippen LogP contribution in [-0.4, -0.2) is 16.5 Å². The molecule has 0 aliphatic heterocycles. The number of thioether (sulfide) groups is 1. The molecule has 3 heteroatoms. The monoisotopic (exact) mass is 221 g/mol. The lowest BCUT2D eigenvalue weighted by atomic mass is 10.2. The summed E-state index contributed by atoms with van der Waals surface area (Å²) in [5, 5.41) is 0. The summed E-state index contributed by atoms with van der Waals surface area (Å²) in [5.41, 5.74) is 1.15. The van der Waals surface area contributed by atoms with Gasteiger partial charge in [0.05, 0.1) is 5.75 Å². The number of ketones is 1. The van der Waals surface area contributed by atoms with E-state index in [2.05, 4.69) is 18.0 Å². The van der Waals surface area contributed by atoms with Gasteiger partial charge in [-0.1, -0.05) is 6.92 Å². The number of carbonyl (C=O) groups is 1. The molecule has 1 aliphatic carbocycles. The Labute approximate surface area is 94.5 Å². The van der Waals surface area contributed by atoms with Gasteiger partial charge in [0.15, 0.2) is 0 Å². The van der Waals surface area contributed by atoms with Crippen molar-refractivity contribution in [2.24, 2.45) is 11.8 Å². The number of pyridine rings is 1. The van der Waals surface area contributed by atoms with E-state index in [1.54, 1.807) is 11.8 Å². The van der Waals surface area contributed by atoms with Crippen LogP contribution in [0.5, 0.6) is 0 Å². The topological polar surface area (TPSA) is 30.0 Å². The molecule has 0 aromatic carbocycles. The van der Waals surface area contributed by atoms with Crippen LogP contribution in [0.2, 0.25) is 0 Å². The Balaban J connectivity index is 1.85. The van der Waals surface area contributed by atoms with E-state index in [9.17, 15) is 4.79 Å². The zero-order chi connectivity index (χ0) is 10.8. The summed E-state index contributed by atoms with van der Waals surface area (Å²) >= 11 is 1.60. The second-order valence-electron chi connectivity index (χ2n) is 4.27. The first kappa shape index (κ1) is 10.7. The highest BCUT2D eigenvalue weighted by molar-refractivity contribution is 8.00. The van der Waals surface area contributed by atoms with Crippen LogP contribution < -0.4 is 0 Å². The number of Topliss-reactive ketones (excluding diaryl/α,β-unsaturated/α-hetero) is 1. The SMILES string of the molecule is Cc1cncc(SCC(=O)C2CC2C)c1. The number of aromatic nitrogens is 1. The van der Waals surface area contributed by atoms with Crippen molar-refractivity contribution in [3.05, 3.63) is 24.0 Å². The predicted octanol–water partition coefficient (Wildman–Crippen LogP) is 2.71. The van der Waals surface area contributed by atoms with Crippen molar-refractivity contribution in [2.45, 2.75) is 25.2 Å². The molecule has 1 aromatic rings. The number of carbonyl (C=O) groups excluding carboxylic acids is 1. The van der Waals surface area contributed by atoms with E-state index in [4.69, 9.17) is 0 Å². The third-order valence-electron chi connectivity index (χ3n) is 2.75. The molecule has 1 fully saturated rings. The Morgan fingerprint density at radius 3 is 2.93 bits per heavy atom. The number of rotatable bonds is 4. The van der Waals surface area contributed by atoms with Gasteiger partial charge in [-0.25, -0.2) is 0 Å². The van der Waals surface area contributed by atoms with E-state index >= 15 is 0 Å². The molecule has 0 N–H and O–H groups in total. The van der Waals surface area contributed by atoms with Crippen molar-refractivity contribution in [3.63, 3.8) is 0 Å². The van der Waals surface area contributed by atoms with E-state index in [-0.39, 0.29) is 0 Å². The maximum absolute atomic E-state index is 11.6. The van der Waals surface area contributed by atoms with Gasteiger partial charge in [-0.3, -0.25) is 9.78 Å². The molecule has 15 heavy (non-hydrogen) atoms. The maximum Gasteiger partial charge on any atom is 0.146 e. The Kier molecular flexibility index (Phi) is 3.10. The van der Waals surface area contributed by atoms with Crippen molar-refractivity contribution in [1.29, 1.82) is 0 Å². The summed E-state index contributed by atoms with van der Waals surface area (Å²) in [6, 6.07) is 2.07. The molecule has 0 spiro atoms. The summed E-state index contributed by atoms with van der Waals surface area (Å²) in [7, 11) is 0. The van der Waals surface area contributed by atoms with Crippen LogP contribution in [-0.2, 0) is 4.79 Å². The van der Waals surface area contributed by atoms with E-state index in [1.807, 2.05) is 19.3 Å². The van der Waals surface area contributed by atoms with Crippen LogP contribution in [0.25, 0.3) is 0 Å². The highest BCUT2D eigenvalue weighted by Gasteiger charge is 2.38. The minimum atomic E-state index is 0.343. The summed E-state index contributed by atoms with van der Waals surface area (Å²) in [6.07, 6.45) is 4.74. The molecule has 1 aliphatic rings. The Hall–Kier alpha value is -0.830. The summed E-state index contributed by atoms with van der Waals surface area (Å²) in [4.78, 5) is 16.8. The summed E-state index contributed by atoms with van der Waals surface area (Å²) in [6.45, 7) is 4.16. The molecular formula is C12H15NOS. The fourth-order valence-corrected chi connectivity index (χ4v) is 2.57. The minimum Gasteiger partial charge on any atom is -0.298 e. The van der Waals surface area contributed by atoms with Gasteiger partial charge in [-0.05, 0) is 30.9 Å². The van der Waals surface area contributed by atoms with Gasteiger partial charge in [0.1, 0.15) is 5.78 Å². The smallest absolute Gasteiger partial charge is 0.146 e. The standard InChI is InChI=1S/C12H15NOS/c1-8-3-10(6-13-5-8)15-7-12(14)11-4-9(11)2/h3,5-6,9,11H,4,7H2,1-2H3. The van der Waals surface area contributed by atoms with E-state index in [0.717, 1.165) is 16.9 Å². The van der Waals surface area contributed by atoms with Crippen LogP contribution in [0.1, 0.15) is 18.9 Å². The molecule has 0 saturated heterocycles. The second-order valence-corrected chi connectivity index (χ2v) is 5.32. The lowest BCUT2D eigenvalue weighted by Gasteiger charge is -2.01. The zero-order valence-corrected chi connectivity index (χ0v) is 9.88. The second kappa shape index (κ2) is 4.35. The van der Waals surface area contributed by atoms with Gasteiger partial charge >= 0.3 is 0 Å². The highest BCUT2D eigenvalue weighted by Crippen LogP contribution is 2.39. The highest BCUT2D eigenvalue weighted by atomic mass is 32.2. The van der Waals surface area contributed by atoms with Crippen LogP contribution in [0.15, 0.2) is 23.4 Å². The van der Waals surface area contributed by atoms with Gasteiger partial charge in [0.2, 0.25) is 0 Å². The first-order valence-corrected chi connectivity index (χ1v) is 6.22. The van der Waals surface area contributed by atoms with Crippen LogP contribution in [0, 0.1) is 18.8 Å². The van der Waals surface area contributed by atoms with Gasteiger partial charge < -0.3 is 0 Å². The quantitative estimate of drug-likeness (QED) is 0.732. The Morgan fingerprint density at radius 1 is 1.60 bits per heavy atom. The fraction of sp³-hybridized carbons (Fsp3) is 0.500. The summed E-state index contributed by atoms with van der Waals surface area (Å²) in [5.74, 6) is 1.96. The molecule has 2 nitrogen and oxygen atoms in total. The molecule has 1 saturated carbocycles. The van der Waals surface area contributed by atoms with Gasteiger partial charge in [-0.2, -0.15) is 0 Å². The predicted molar refractivity (Wildman–Crippen MR) is 62.0 cm³/mol. The number of hydrogen-bond acceptors (Lipinski definition) is 3. The van der Waals surface area contributed by atoms with Crippen molar-refractivity contribution < 1.29 is 4.79 Å². The third-order valence-corrected chi connectivity index (χ3v) is 3.74. The number of aryl methyl sites for hydroxylation is 1. The average Bonchev–Trinajstić information content (AvgIpc) is 2.92. The van der Waals surface area contributed by atoms with E-state index in [0.29, 0.717) is 23.4 Å². The van der Waals surface area contributed by atoms with Crippen molar-refractivity contribution in [1.82, 2.24) is 4.98 Å². The van der Waals surface area contributed by atoms with Crippen molar-refractivity contribution >= 4 is 17.5 Å². The van der Waals surface area contributed by atoms with Crippen molar-refractivity contribution in [3.8, 4) is 0 Å². The Morgan fingerprint density at radius 2 is 2.33 bits per heavy atom. The normalized spacial score (nSPS) is 23.9. The van der Waals surface area contributed by atoms with E-state index in [1.165, 1.54) is 0 Å². The van der Waals surface area contributed by atoms with Gasteiger partial charge in [0, 0.05) is 23.2 Å². The first-order valence-electron chi connectivity index (χ1n) is 5.24. The molecular weight excluding hydrogens is 206 g/mol. The average molecular weight is 221 g/mol. The largest absolute Gasteiger partial charge is 0.298 e. The minimum absolute atomic E-state index is 0.343. The molecule has 2 atom stereocenters. The molecule has 1 aromatic heterocycles. The zero-order valence-electron chi connectivity index (χ0n) is 9.06. The molecule has 1 heterocycles. The lowest BCUT2D eigenvalue weighted by molar-refractivity contribution is -0.118. The fourth-order valence-electron chi connectivity index (χ4n) is 1.64. The third kappa shape index (κ3) is 2.81. The molecule has 80 valence electrons. The molecule has 0 amide bonds. The summed E-state index contributed by atoms with van der Waals surface area (Å²) < 4.78 is 0. The Bertz CT molecular complexity index is 378. The van der Waals surface area contributed by atoms with Crippen molar-refractivity contribution in [2.75, 3.05) is 5.75 Å². The lowest BCUT2D eigenvalue weighted by Crippen LogP contribution is -2.04. The molecule has 0 radical (unpaired) electrons. The van der Waals surface area contributed by atoms with Crippen LogP contribution >= 0.6 is 11.8 Å².